The second kappa shape index (κ2) is 4.02. The van der Waals surface area contributed by atoms with E-state index in [4.69, 9.17) is 4.74 Å². The molecule has 0 aromatic heterocycles. The molecule has 0 amide bonds. The third-order valence-electron chi connectivity index (χ3n) is 3.53. The number of benzene rings is 1. The topological polar surface area (TPSA) is 46.5 Å². The number of aliphatic carboxylic acids is 1. The number of carboxylic acids is 1. The van der Waals surface area contributed by atoms with Crippen molar-refractivity contribution in [1.82, 2.24) is 0 Å². The fraction of sp³-hybridized carbons (Fsp3) is 0.462. The van der Waals surface area contributed by atoms with Crippen molar-refractivity contribution in [3.05, 3.63) is 28.2 Å². The number of hydrogen-bond donors (Lipinski definition) is 1. The first kappa shape index (κ1) is 11.1. The van der Waals surface area contributed by atoms with Gasteiger partial charge in [0.2, 0.25) is 0 Å². The van der Waals surface area contributed by atoms with Gasteiger partial charge in [0.25, 0.3) is 0 Å². The Bertz CT molecular complexity index is 468. The van der Waals surface area contributed by atoms with Crippen molar-refractivity contribution in [1.29, 1.82) is 0 Å². The van der Waals surface area contributed by atoms with Gasteiger partial charge in [0, 0.05) is 4.47 Å². The molecule has 1 saturated carbocycles. The van der Waals surface area contributed by atoms with Crippen LogP contribution in [0.5, 0.6) is 5.75 Å². The average Bonchev–Trinajstić information content (AvgIpc) is 3.11. The Hall–Kier alpha value is -1.03. The van der Waals surface area contributed by atoms with E-state index in [1.807, 2.05) is 18.2 Å². The third kappa shape index (κ3) is 2.06. The van der Waals surface area contributed by atoms with Crippen molar-refractivity contribution in [3.63, 3.8) is 0 Å². The Morgan fingerprint density at radius 1 is 1.41 bits per heavy atom. The fourth-order valence-corrected chi connectivity index (χ4v) is 2.89. The van der Waals surface area contributed by atoms with Crippen LogP contribution in [0.25, 0.3) is 0 Å². The molecule has 2 aliphatic rings. The van der Waals surface area contributed by atoms with Crippen LogP contribution in [-0.2, 0) is 11.2 Å². The largest absolute Gasteiger partial charge is 0.489 e. The molecule has 1 aromatic rings. The Balaban J connectivity index is 1.94. The first-order valence-corrected chi connectivity index (χ1v) is 6.62. The molecule has 1 fully saturated rings. The number of carboxylic acid groups (broad SMARTS) is 1. The molecule has 4 heteroatoms. The second-order valence-electron chi connectivity index (χ2n) is 4.82. The van der Waals surface area contributed by atoms with Gasteiger partial charge in [0.05, 0.1) is 5.92 Å². The third-order valence-corrected chi connectivity index (χ3v) is 4.02. The summed E-state index contributed by atoms with van der Waals surface area (Å²) in [6.45, 7) is 0. The number of fused-ring (bicyclic) bond motifs is 1. The Morgan fingerprint density at radius 2 is 2.18 bits per heavy atom. The van der Waals surface area contributed by atoms with Crippen LogP contribution in [0.1, 0.15) is 18.4 Å². The summed E-state index contributed by atoms with van der Waals surface area (Å²) in [4.78, 5) is 11.3. The van der Waals surface area contributed by atoms with Gasteiger partial charge in [-0.25, -0.2) is 0 Å². The van der Waals surface area contributed by atoms with Gasteiger partial charge >= 0.3 is 5.97 Å². The highest BCUT2D eigenvalue weighted by atomic mass is 79.9. The van der Waals surface area contributed by atoms with Crippen molar-refractivity contribution >= 4 is 21.9 Å². The predicted octanol–water partition coefficient (Wildman–Crippen LogP) is 2.86. The van der Waals surface area contributed by atoms with Gasteiger partial charge in [-0.3, -0.25) is 4.79 Å². The highest BCUT2D eigenvalue weighted by molar-refractivity contribution is 9.10. The highest BCUT2D eigenvalue weighted by Crippen LogP contribution is 2.43. The van der Waals surface area contributed by atoms with Gasteiger partial charge in [0.1, 0.15) is 11.9 Å². The molecule has 0 spiro atoms. The lowest BCUT2D eigenvalue weighted by molar-refractivity contribution is -0.146. The number of ether oxygens (including phenoxy) is 1. The van der Waals surface area contributed by atoms with Crippen LogP contribution in [0, 0.1) is 11.8 Å². The maximum Gasteiger partial charge on any atom is 0.310 e. The van der Waals surface area contributed by atoms with E-state index in [-0.39, 0.29) is 6.10 Å². The molecule has 1 aromatic carbocycles. The van der Waals surface area contributed by atoms with E-state index in [1.54, 1.807) is 0 Å². The molecule has 3 rings (SSSR count). The van der Waals surface area contributed by atoms with E-state index in [2.05, 4.69) is 15.9 Å². The molecular formula is C13H13BrO3. The lowest BCUT2D eigenvalue weighted by Crippen LogP contribution is -2.39. The SMILES string of the molecule is O=C(O)C1Cc2cc(Br)ccc2OC1C1CC1. The zero-order valence-electron chi connectivity index (χ0n) is 9.23. The van der Waals surface area contributed by atoms with Gasteiger partial charge in [-0.2, -0.15) is 0 Å². The lowest BCUT2D eigenvalue weighted by atomic mass is 9.88. The molecule has 3 nitrogen and oxygen atoms in total. The Morgan fingerprint density at radius 3 is 2.82 bits per heavy atom. The van der Waals surface area contributed by atoms with Crippen molar-refractivity contribution < 1.29 is 14.6 Å². The number of rotatable bonds is 2. The van der Waals surface area contributed by atoms with Gasteiger partial charge in [0.15, 0.2) is 0 Å². The summed E-state index contributed by atoms with van der Waals surface area (Å²) >= 11 is 3.40. The van der Waals surface area contributed by atoms with Crippen molar-refractivity contribution in [3.8, 4) is 5.75 Å². The van der Waals surface area contributed by atoms with Crippen molar-refractivity contribution in [2.75, 3.05) is 0 Å². The summed E-state index contributed by atoms with van der Waals surface area (Å²) in [7, 11) is 0. The maximum atomic E-state index is 11.3. The smallest absolute Gasteiger partial charge is 0.310 e. The fourth-order valence-electron chi connectivity index (χ4n) is 2.48. The predicted molar refractivity (Wildman–Crippen MR) is 66.1 cm³/mol. The van der Waals surface area contributed by atoms with Crippen LogP contribution in [0.15, 0.2) is 22.7 Å². The zero-order chi connectivity index (χ0) is 12.0. The molecule has 2 atom stereocenters. The molecule has 90 valence electrons. The molecule has 1 aliphatic heterocycles. The van der Waals surface area contributed by atoms with E-state index in [1.165, 1.54) is 0 Å². The average molecular weight is 297 g/mol. The van der Waals surface area contributed by atoms with E-state index in [0.29, 0.717) is 12.3 Å². The summed E-state index contributed by atoms with van der Waals surface area (Å²) in [6.07, 6.45) is 2.63. The summed E-state index contributed by atoms with van der Waals surface area (Å²) in [6, 6.07) is 5.81. The second-order valence-corrected chi connectivity index (χ2v) is 5.74. The van der Waals surface area contributed by atoms with Crippen molar-refractivity contribution in [2.24, 2.45) is 11.8 Å². The van der Waals surface area contributed by atoms with E-state index in [9.17, 15) is 9.90 Å². The first-order valence-electron chi connectivity index (χ1n) is 5.83. The van der Waals surface area contributed by atoms with Crippen LogP contribution in [0.4, 0.5) is 0 Å². The number of carbonyl (C=O) groups is 1. The molecule has 17 heavy (non-hydrogen) atoms. The first-order chi connectivity index (χ1) is 8.15. The normalized spacial score (nSPS) is 27.1. The summed E-state index contributed by atoms with van der Waals surface area (Å²) < 4.78 is 6.85. The van der Waals surface area contributed by atoms with Gasteiger partial charge in [-0.05, 0) is 48.9 Å². The lowest BCUT2D eigenvalue weighted by Gasteiger charge is -2.31. The number of hydrogen-bond acceptors (Lipinski definition) is 2. The highest BCUT2D eigenvalue weighted by Gasteiger charge is 2.44. The van der Waals surface area contributed by atoms with Gasteiger partial charge in [-0.1, -0.05) is 15.9 Å². The molecule has 1 aliphatic carbocycles. The summed E-state index contributed by atoms with van der Waals surface area (Å²) in [5.74, 6) is 0.146. The van der Waals surface area contributed by atoms with E-state index < -0.39 is 11.9 Å². The van der Waals surface area contributed by atoms with Crippen LogP contribution in [0.2, 0.25) is 0 Å². The van der Waals surface area contributed by atoms with Gasteiger partial charge < -0.3 is 9.84 Å². The van der Waals surface area contributed by atoms with E-state index in [0.717, 1.165) is 28.6 Å². The Kier molecular flexibility index (Phi) is 2.62. The molecule has 1 N–H and O–H groups in total. The summed E-state index contributed by atoms with van der Waals surface area (Å²) in [5.41, 5.74) is 0.990. The molecule has 0 radical (unpaired) electrons. The molecular weight excluding hydrogens is 284 g/mol. The number of halogens is 1. The summed E-state index contributed by atoms with van der Waals surface area (Å²) in [5, 5.41) is 9.29. The quantitative estimate of drug-likeness (QED) is 0.913. The Labute approximate surface area is 108 Å². The van der Waals surface area contributed by atoms with Crippen LogP contribution in [-0.4, -0.2) is 17.2 Å². The van der Waals surface area contributed by atoms with Gasteiger partial charge in [-0.15, -0.1) is 0 Å². The standard InChI is InChI=1S/C13H13BrO3/c14-9-3-4-11-8(5-9)6-10(13(15)16)12(17-11)7-1-2-7/h3-5,7,10,12H,1-2,6H2,(H,15,16). The molecule has 0 saturated heterocycles. The minimum Gasteiger partial charge on any atom is -0.489 e. The van der Waals surface area contributed by atoms with E-state index >= 15 is 0 Å². The minimum absolute atomic E-state index is 0.138. The monoisotopic (exact) mass is 296 g/mol. The molecule has 0 bridgehead atoms. The van der Waals surface area contributed by atoms with Crippen LogP contribution in [0.3, 0.4) is 0 Å². The molecule has 1 heterocycles. The van der Waals surface area contributed by atoms with Crippen LogP contribution < -0.4 is 4.74 Å². The van der Waals surface area contributed by atoms with Crippen LogP contribution >= 0.6 is 15.9 Å². The van der Waals surface area contributed by atoms with Crippen molar-refractivity contribution in [2.45, 2.75) is 25.4 Å². The molecule has 2 unspecified atom stereocenters. The zero-order valence-corrected chi connectivity index (χ0v) is 10.8. The minimum atomic E-state index is -0.743. The maximum absolute atomic E-state index is 11.3.